The molecule has 274 valence electrons. The standard InChI is InChI=1S/C56H30N4/c57-31-33-26-54(60-52-24-12-10-22-44(52)50-28-46-40-18-6-2-14-36(40)38-16-4-8-20-42(38)48(46)30-56(50)60)34(32-58)25-53(33)59-51-23-11-9-21-43(51)49-27-45-39-17-5-1-13-35(39)37-15-3-7-19-41(37)47(45)29-55(49)59/h1-30H. The molecule has 0 saturated heterocycles. The number of nitriles is 2. The molecule has 0 N–H and O–H groups in total. The Morgan fingerprint density at radius 3 is 0.833 bits per heavy atom. The Morgan fingerprint density at radius 2 is 0.517 bits per heavy atom. The van der Waals surface area contributed by atoms with Crippen LogP contribution >= 0.6 is 0 Å². The van der Waals surface area contributed by atoms with Crippen LogP contribution in [0.1, 0.15) is 11.1 Å². The molecule has 0 aliphatic carbocycles. The molecule has 13 rings (SSSR count). The predicted octanol–water partition coefficient (Wildman–Crippen LogP) is 14.5. The van der Waals surface area contributed by atoms with Gasteiger partial charge in [-0.3, -0.25) is 0 Å². The molecule has 0 bridgehead atoms. The molecule has 2 aromatic heterocycles. The topological polar surface area (TPSA) is 57.4 Å². The largest absolute Gasteiger partial charge is 0.308 e. The van der Waals surface area contributed by atoms with Crippen LogP contribution in [0, 0.1) is 22.7 Å². The summed E-state index contributed by atoms with van der Waals surface area (Å²) in [7, 11) is 0. The number of nitrogens with zero attached hydrogens (tertiary/aromatic N) is 4. The van der Waals surface area contributed by atoms with Gasteiger partial charge in [0.05, 0.1) is 44.6 Å². The van der Waals surface area contributed by atoms with Crippen molar-refractivity contribution in [3.63, 3.8) is 0 Å². The van der Waals surface area contributed by atoms with E-state index in [0.717, 1.165) is 54.4 Å². The fraction of sp³-hybridized carbons (Fsp3) is 0. The first-order valence-electron chi connectivity index (χ1n) is 20.2. The number of fused-ring (bicyclic) bond motifs is 18. The highest BCUT2D eigenvalue weighted by atomic mass is 15.0. The highest BCUT2D eigenvalue weighted by molar-refractivity contribution is 6.30. The molecule has 0 saturated carbocycles. The molecule has 0 aliphatic heterocycles. The second-order valence-electron chi connectivity index (χ2n) is 15.8. The molecule has 0 radical (unpaired) electrons. The van der Waals surface area contributed by atoms with Crippen molar-refractivity contribution >= 4 is 108 Å². The summed E-state index contributed by atoms with van der Waals surface area (Å²) in [4.78, 5) is 0. The normalized spacial score (nSPS) is 12.0. The van der Waals surface area contributed by atoms with Crippen LogP contribution in [0.4, 0.5) is 0 Å². The first-order valence-corrected chi connectivity index (χ1v) is 20.2. The number of hydrogen-bond donors (Lipinski definition) is 0. The van der Waals surface area contributed by atoms with E-state index in [2.05, 4.69) is 179 Å². The molecule has 13 aromatic rings. The molecule has 4 heteroatoms. The lowest BCUT2D eigenvalue weighted by Crippen LogP contribution is -2.04. The van der Waals surface area contributed by atoms with E-state index in [0.29, 0.717) is 22.5 Å². The average molecular weight is 759 g/mol. The van der Waals surface area contributed by atoms with Crippen molar-refractivity contribution in [1.29, 1.82) is 10.5 Å². The van der Waals surface area contributed by atoms with E-state index in [1.165, 1.54) is 53.9 Å². The van der Waals surface area contributed by atoms with E-state index in [-0.39, 0.29) is 0 Å². The van der Waals surface area contributed by atoms with Crippen LogP contribution in [0.2, 0.25) is 0 Å². The SMILES string of the molecule is N#Cc1cc(-n2c3ccccc3c3cc4c5ccccc5c5ccccc5c4cc32)c(C#N)cc1-n1c2ccccc2c2cc3c4ccccc4c4ccccc4c3cc21. The molecule has 0 unspecified atom stereocenters. The van der Waals surface area contributed by atoms with Crippen molar-refractivity contribution in [2.45, 2.75) is 0 Å². The van der Waals surface area contributed by atoms with Crippen LogP contribution in [-0.2, 0) is 0 Å². The summed E-state index contributed by atoms with van der Waals surface area (Å²) in [5, 5.41) is 40.9. The molecule has 2 heterocycles. The van der Waals surface area contributed by atoms with Gasteiger partial charge < -0.3 is 9.13 Å². The fourth-order valence-electron chi connectivity index (χ4n) is 10.4. The Hall–Kier alpha value is -8.44. The number of hydrogen-bond acceptors (Lipinski definition) is 2. The van der Waals surface area contributed by atoms with Gasteiger partial charge in [0.25, 0.3) is 0 Å². The zero-order chi connectivity index (χ0) is 39.6. The maximum atomic E-state index is 11.1. The Bertz CT molecular complexity index is 3880. The predicted molar refractivity (Wildman–Crippen MR) is 250 cm³/mol. The Kier molecular flexibility index (Phi) is 6.55. The summed E-state index contributed by atoms with van der Waals surface area (Å²) in [6.45, 7) is 0. The van der Waals surface area contributed by atoms with Crippen LogP contribution in [0.25, 0.3) is 120 Å². The zero-order valence-electron chi connectivity index (χ0n) is 32.1. The average Bonchev–Trinajstić information content (AvgIpc) is 3.81. The highest BCUT2D eigenvalue weighted by Gasteiger charge is 2.23. The van der Waals surface area contributed by atoms with Crippen LogP contribution < -0.4 is 0 Å². The molecule has 11 aromatic carbocycles. The summed E-state index contributed by atoms with van der Waals surface area (Å²) >= 11 is 0. The van der Waals surface area contributed by atoms with E-state index in [1.807, 2.05) is 24.3 Å². The number of rotatable bonds is 2. The number of aromatic nitrogens is 2. The Labute approximate surface area is 343 Å². The molecule has 0 fully saturated rings. The quantitative estimate of drug-likeness (QED) is 0.165. The Balaban J connectivity index is 1.13. The lowest BCUT2D eigenvalue weighted by Gasteiger charge is -2.16. The molecule has 4 nitrogen and oxygen atoms in total. The van der Waals surface area contributed by atoms with Gasteiger partial charge in [-0.15, -0.1) is 0 Å². The summed E-state index contributed by atoms with van der Waals surface area (Å²) in [5.41, 5.74) is 6.25. The maximum Gasteiger partial charge on any atom is 0.101 e. The summed E-state index contributed by atoms with van der Waals surface area (Å²) in [5.74, 6) is 0. The molecule has 0 aliphatic rings. The lowest BCUT2D eigenvalue weighted by atomic mass is 9.93. The van der Waals surface area contributed by atoms with Crippen molar-refractivity contribution in [3.05, 3.63) is 193 Å². The smallest absolute Gasteiger partial charge is 0.101 e. The minimum Gasteiger partial charge on any atom is -0.308 e. The van der Waals surface area contributed by atoms with Gasteiger partial charge in [-0.1, -0.05) is 133 Å². The summed E-state index contributed by atoms with van der Waals surface area (Å²) in [6, 6.07) is 69.5. The van der Waals surface area contributed by atoms with E-state index < -0.39 is 0 Å². The first-order chi connectivity index (χ1) is 29.7. The van der Waals surface area contributed by atoms with E-state index in [1.54, 1.807) is 0 Å². The zero-order valence-corrected chi connectivity index (χ0v) is 32.1. The molecule has 0 spiro atoms. The molecular weight excluding hydrogens is 729 g/mol. The minimum atomic E-state index is 0.485. The van der Waals surface area contributed by atoms with Gasteiger partial charge in [0.1, 0.15) is 12.1 Å². The number of para-hydroxylation sites is 2. The van der Waals surface area contributed by atoms with Gasteiger partial charge in [0.2, 0.25) is 0 Å². The monoisotopic (exact) mass is 758 g/mol. The van der Waals surface area contributed by atoms with Crippen molar-refractivity contribution in [3.8, 4) is 23.5 Å². The van der Waals surface area contributed by atoms with Crippen LogP contribution in [0.3, 0.4) is 0 Å². The second-order valence-corrected chi connectivity index (χ2v) is 15.8. The van der Waals surface area contributed by atoms with Gasteiger partial charge in [0.15, 0.2) is 0 Å². The lowest BCUT2D eigenvalue weighted by molar-refractivity contribution is 1.12. The van der Waals surface area contributed by atoms with Gasteiger partial charge in [-0.25, -0.2) is 0 Å². The Morgan fingerprint density at radius 1 is 0.250 bits per heavy atom. The van der Waals surface area contributed by atoms with Crippen LogP contribution in [-0.4, -0.2) is 9.13 Å². The van der Waals surface area contributed by atoms with Gasteiger partial charge in [0, 0.05) is 21.5 Å². The maximum absolute atomic E-state index is 11.1. The van der Waals surface area contributed by atoms with Crippen molar-refractivity contribution in [1.82, 2.24) is 9.13 Å². The van der Waals surface area contributed by atoms with Gasteiger partial charge in [-0.05, 0) is 113 Å². The van der Waals surface area contributed by atoms with E-state index in [4.69, 9.17) is 0 Å². The molecule has 0 amide bonds. The van der Waals surface area contributed by atoms with Crippen molar-refractivity contribution in [2.24, 2.45) is 0 Å². The minimum absolute atomic E-state index is 0.485. The number of benzene rings is 11. The molecular formula is C56H30N4. The summed E-state index contributed by atoms with van der Waals surface area (Å²) < 4.78 is 4.38. The third-order valence-corrected chi connectivity index (χ3v) is 12.9. The first kappa shape index (κ1) is 32.6. The van der Waals surface area contributed by atoms with Crippen molar-refractivity contribution in [2.75, 3.05) is 0 Å². The fourth-order valence-corrected chi connectivity index (χ4v) is 10.4. The second kappa shape index (κ2) is 12.0. The highest BCUT2D eigenvalue weighted by Crippen LogP contribution is 2.44. The summed E-state index contributed by atoms with van der Waals surface area (Å²) in [6.07, 6.45) is 0. The van der Waals surface area contributed by atoms with Gasteiger partial charge >= 0.3 is 0 Å². The van der Waals surface area contributed by atoms with E-state index in [9.17, 15) is 10.5 Å². The van der Waals surface area contributed by atoms with Crippen molar-refractivity contribution < 1.29 is 0 Å². The van der Waals surface area contributed by atoms with Crippen LogP contribution in [0.5, 0.6) is 0 Å². The van der Waals surface area contributed by atoms with E-state index >= 15 is 0 Å². The van der Waals surface area contributed by atoms with Gasteiger partial charge in [-0.2, -0.15) is 10.5 Å². The third-order valence-electron chi connectivity index (χ3n) is 12.9. The van der Waals surface area contributed by atoms with Crippen LogP contribution in [0.15, 0.2) is 182 Å². The molecule has 0 atom stereocenters. The molecule has 60 heavy (non-hydrogen) atoms. The third kappa shape index (κ3) is 4.26.